The average molecular weight is 565 g/mol. The summed E-state index contributed by atoms with van der Waals surface area (Å²) in [5, 5.41) is 16.6. The molecule has 40 heavy (non-hydrogen) atoms. The number of benzene rings is 1. The molecule has 0 aromatic heterocycles. The number of aliphatic hydroxyl groups excluding tert-OH is 1. The molecule has 0 spiro atoms. The zero-order valence-corrected chi connectivity index (χ0v) is 25.4. The Kier molecular flexibility index (Phi) is 15.2. The van der Waals surface area contributed by atoms with Crippen molar-refractivity contribution in [3.8, 4) is 5.75 Å². The minimum absolute atomic E-state index is 0.00385. The van der Waals surface area contributed by atoms with E-state index in [9.17, 15) is 19.5 Å². The number of unbranched alkanes of at least 4 members (excludes halogenated alkanes) is 1. The highest BCUT2D eigenvalue weighted by Crippen LogP contribution is 2.24. The van der Waals surface area contributed by atoms with E-state index in [1.165, 1.54) is 0 Å². The second kappa shape index (κ2) is 17.2. The fraction of sp³-hybridized carbons (Fsp3) is 0.700. The highest BCUT2D eigenvalue weighted by Gasteiger charge is 2.34. The summed E-state index contributed by atoms with van der Waals surface area (Å²) in [6.45, 7) is 12.5. The van der Waals surface area contributed by atoms with E-state index in [4.69, 9.17) is 20.9 Å². The highest BCUT2D eigenvalue weighted by molar-refractivity contribution is 5.96. The standard InChI is InChI=1S/C30H52N4O6/c1-19(2)21(18-33-27(36)22-12-8-9-13-26(22)40-15-11-10-14-39-7)16-24(31)25(35)17-23(20(3)4)28(37)34-30(5,6)29(32)38/h8-9,12-13,19-21,23-25,35H,10-11,14-18,31H2,1-7H3,(H2,32,38)(H,33,36)(H,34,37). The minimum Gasteiger partial charge on any atom is -0.493 e. The summed E-state index contributed by atoms with van der Waals surface area (Å²) in [7, 11) is 1.66. The Hall–Kier alpha value is -2.69. The molecule has 0 aliphatic rings. The number of nitrogens with one attached hydrogen (secondary N) is 2. The number of hydrogen-bond donors (Lipinski definition) is 5. The van der Waals surface area contributed by atoms with Crippen molar-refractivity contribution >= 4 is 17.7 Å². The number of methoxy groups -OCH3 is 1. The van der Waals surface area contributed by atoms with Crippen LogP contribution < -0.4 is 26.8 Å². The number of aliphatic hydroxyl groups is 1. The Morgan fingerprint density at radius 2 is 1.62 bits per heavy atom. The first kappa shape index (κ1) is 35.3. The van der Waals surface area contributed by atoms with Gasteiger partial charge in [-0.3, -0.25) is 14.4 Å². The lowest BCUT2D eigenvalue weighted by Crippen LogP contribution is -2.55. The van der Waals surface area contributed by atoms with Crippen molar-refractivity contribution < 1.29 is 29.0 Å². The second-order valence-electron chi connectivity index (χ2n) is 11.8. The monoisotopic (exact) mass is 564 g/mol. The number of carbonyl (C=O) groups is 3. The van der Waals surface area contributed by atoms with E-state index in [0.717, 1.165) is 12.8 Å². The molecule has 1 aromatic carbocycles. The summed E-state index contributed by atoms with van der Waals surface area (Å²) in [6, 6.07) is 6.54. The van der Waals surface area contributed by atoms with Crippen molar-refractivity contribution in [2.75, 3.05) is 26.9 Å². The van der Waals surface area contributed by atoms with Gasteiger partial charge in [-0.1, -0.05) is 39.8 Å². The van der Waals surface area contributed by atoms with Gasteiger partial charge in [0.15, 0.2) is 0 Å². The summed E-state index contributed by atoms with van der Waals surface area (Å²) in [5.74, 6) is -1.15. The van der Waals surface area contributed by atoms with Gasteiger partial charge in [0.2, 0.25) is 11.8 Å². The van der Waals surface area contributed by atoms with Crippen LogP contribution in [-0.2, 0) is 14.3 Å². The lowest BCUT2D eigenvalue weighted by molar-refractivity contribution is -0.134. The van der Waals surface area contributed by atoms with Gasteiger partial charge in [-0.25, -0.2) is 0 Å². The van der Waals surface area contributed by atoms with Crippen molar-refractivity contribution in [1.29, 1.82) is 0 Å². The predicted molar refractivity (Wildman–Crippen MR) is 157 cm³/mol. The third kappa shape index (κ3) is 11.8. The first-order chi connectivity index (χ1) is 18.7. The van der Waals surface area contributed by atoms with Crippen LogP contribution in [0.1, 0.15) is 77.6 Å². The molecule has 3 amide bonds. The molecule has 7 N–H and O–H groups in total. The van der Waals surface area contributed by atoms with Crippen LogP contribution in [0, 0.1) is 23.7 Å². The zero-order valence-electron chi connectivity index (χ0n) is 25.4. The summed E-state index contributed by atoms with van der Waals surface area (Å²) < 4.78 is 10.9. The Morgan fingerprint density at radius 1 is 1.00 bits per heavy atom. The zero-order chi connectivity index (χ0) is 30.5. The molecular formula is C30H52N4O6. The van der Waals surface area contributed by atoms with E-state index in [-0.39, 0.29) is 36.0 Å². The normalized spacial score (nSPS) is 14.9. The Morgan fingerprint density at radius 3 is 2.20 bits per heavy atom. The van der Waals surface area contributed by atoms with Gasteiger partial charge < -0.3 is 36.7 Å². The number of primary amides is 1. The van der Waals surface area contributed by atoms with Gasteiger partial charge in [0, 0.05) is 32.2 Å². The average Bonchev–Trinajstić information content (AvgIpc) is 2.88. The Labute approximate surface area is 239 Å². The van der Waals surface area contributed by atoms with E-state index < -0.39 is 29.5 Å². The van der Waals surface area contributed by atoms with Gasteiger partial charge in [-0.2, -0.15) is 0 Å². The molecule has 0 radical (unpaired) electrons. The van der Waals surface area contributed by atoms with Gasteiger partial charge in [-0.05, 0) is 69.4 Å². The van der Waals surface area contributed by atoms with E-state index in [2.05, 4.69) is 10.6 Å². The largest absolute Gasteiger partial charge is 0.493 e. The quantitative estimate of drug-likeness (QED) is 0.161. The van der Waals surface area contributed by atoms with Gasteiger partial charge >= 0.3 is 0 Å². The SMILES string of the molecule is COCCCCOc1ccccc1C(=O)NCC(CC(N)C(O)CC(C(=O)NC(C)(C)C(N)=O)C(C)C)C(C)C. The minimum atomic E-state index is -1.20. The first-order valence-electron chi connectivity index (χ1n) is 14.3. The molecule has 0 saturated heterocycles. The maximum atomic E-state index is 13.0. The van der Waals surface area contributed by atoms with E-state index in [1.807, 2.05) is 33.8 Å². The fourth-order valence-corrected chi connectivity index (χ4v) is 4.31. The summed E-state index contributed by atoms with van der Waals surface area (Å²) >= 11 is 0. The third-order valence-corrected chi connectivity index (χ3v) is 7.36. The van der Waals surface area contributed by atoms with Crippen LogP contribution in [-0.4, -0.2) is 67.4 Å². The highest BCUT2D eigenvalue weighted by atomic mass is 16.5. The molecule has 10 nitrogen and oxygen atoms in total. The molecular weight excluding hydrogens is 512 g/mol. The van der Waals surface area contributed by atoms with Crippen molar-refractivity contribution in [2.24, 2.45) is 35.1 Å². The van der Waals surface area contributed by atoms with Crippen LogP contribution in [0.25, 0.3) is 0 Å². The van der Waals surface area contributed by atoms with Crippen molar-refractivity contribution in [3.05, 3.63) is 29.8 Å². The molecule has 4 unspecified atom stereocenters. The molecule has 0 heterocycles. The molecule has 1 rings (SSSR count). The van der Waals surface area contributed by atoms with Crippen LogP contribution in [0.15, 0.2) is 24.3 Å². The van der Waals surface area contributed by atoms with Crippen LogP contribution in [0.5, 0.6) is 5.75 Å². The van der Waals surface area contributed by atoms with Gasteiger partial charge in [0.25, 0.3) is 5.91 Å². The predicted octanol–water partition coefficient (Wildman–Crippen LogP) is 2.61. The van der Waals surface area contributed by atoms with Crippen molar-refractivity contribution in [3.63, 3.8) is 0 Å². The lowest BCUT2D eigenvalue weighted by atomic mass is 9.82. The fourth-order valence-electron chi connectivity index (χ4n) is 4.31. The van der Waals surface area contributed by atoms with Crippen LogP contribution >= 0.6 is 0 Å². The van der Waals surface area contributed by atoms with Crippen LogP contribution in [0.4, 0.5) is 0 Å². The van der Waals surface area contributed by atoms with Crippen molar-refractivity contribution in [2.45, 2.75) is 84.9 Å². The van der Waals surface area contributed by atoms with E-state index in [0.29, 0.717) is 37.5 Å². The van der Waals surface area contributed by atoms with Crippen LogP contribution in [0.2, 0.25) is 0 Å². The first-order valence-corrected chi connectivity index (χ1v) is 14.3. The van der Waals surface area contributed by atoms with Crippen LogP contribution in [0.3, 0.4) is 0 Å². The maximum Gasteiger partial charge on any atom is 0.255 e. The number of hydrogen-bond acceptors (Lipinski definition) is 7. The molecule has 228 valence electrons. The molecule has 10 heteroatoms. The lowest BCUT2D eigenvalue weighted by Gasteiger charge is -2.31. The van der Waals surface area contributed by atoms with E-state index >= 15 is 0 Å². The topological polar surface area (TPSA) is 166 Å². The third-order valence-electron chi connectivity index (χ3n) is 7.36. The molecule has 1 aromatic rings. The van der Waals surface area contributed by atoms with Crippen molar-refractivity contribution in [1.82, 2.24) is 10.6 Å². The van der Waals surface area contributed by atoms with Gasteiger partial charge in [-0.15, -0.1) is 0 Å². The number of carbonyl (C=O) groups excluding carboxylic acids is 3. The van der Waals surface area contributed by atoms with Gasteiger partial charge in [0.05, 0.1) is 18.3 Å². The molecule has 0 fully saturated rings. The summed E-state index contributed by atoms with van der Waals surface area (Å²) in [6.07, 6.45) is 1.35. The Balaban J connectivity index is 2.78. The maximum absolute atomic E-state index is 13.0. The Bertz CT molecular complexity index is 937. The molecule has 0 bridgehead atoms. The van der Waals surface area contributed by atoms with Gasteiger partial charge in [0.1, 0.15) is 11.3 Å². The number of rotatable bonds is 19. The summed E-state index contributed by atoms with van der Waals surface area (Å²) in [4.78, 5) is 37.6. The number of para-hydroxylation sites is 1. The van der Waals surface area contributed by atoms with E-state index in [1.54, 1.807) is 39.2 Å². The smallest absolute Gasteiger partial charge is 0.255 e. The molecule has 0 aliphatic carbocycles. The molecule has 0 saturated carbocycles. The number of amides is 3. The molecule has 0 aliphatic heterocycles. The second-order valence-corrected chi connectivity index (χ2v) is 11.8. The number of nitrogens with two attached hydrogens (primary N) is 2. The summed E-state index contributed by atoms with van der Waals surface area (Å²) in [5.41, 5.74) is 11.1. The number of ether oxygens (including phenoxy) is 2. The molecule has 4 atom stereocenters.